The second-order valence-electron chi connectivity index (χ2n) is 1.69. The first-order valence-corrected chi connectivity index (χ1v) is 4.48. The van der Waals surface area contributed by atoms with Crippen LogP contribution in [-0.2, 0) is 8.58 Å². The summed E-state index contributed by atoms with van der Waals surface area (Å²) in [7, 11) is 0. The van der Waals surface area contributed by atoms with Crippen molar-refractivity contribution in [2.45, 2.75) is 33.0 Å². The second kappa shape index (κ2) is 8.00. The van der Waals surface area contributed by atoms with Crippen molar-refractivity contribution in [1.29, 1.82) is 0 Å². The number of hydrogen-bond acceptors (Lipinski definition) is 2. The minimum absolute atomic E-state index is 0. The van der Waals surface area contributed by atoms with Crippen LogP contribution in [0.5, 0.6) is 0 Å². The smallest absolute Gasteiger partial charge is 0.524 e. The highest BCUT2D eigenvalue weighted by Crippen LogP contribution is 1.85. The summed E-state index contributed by atoms with van der Waals surface area (Å²) in [5, 5.41) is 1.11. The van der Waals surface area contributed by atoms with Crippen molar-refractivity contribution in [3.05, 3.63) is 0 Å². The Bertz CT molecular complexity index is 73.5. The van der Waals surface area contributed by atoms with E-state index in [0.29, 0.717) is 0 Å². The first kappa shape index (κ1) is 11.8. The molecular formula is C6H15AlO2. The standard InChI is InChI=1S/C3H7.C2H4O2.CH4.Al.H/c1-3-2;1-2(3)4;;;/h1,3H2,2H3;1H3,(H,3,4);1H4;;/q;;;+1;/p-1. The Morgan fingerprint density at radius 3 is 2.56 bits per heavy atom. The lowest BCUT2D eigenvalue weighted by molar-refractivity contribution is -0.131. The monoisotopic (exact) mass is 146 g/mol. The third-order valence-corrected chi connectivity index (χ3v) is 2.41. The van der Waals surface area contributed by atoms with Gasteiger partial charge in [0, 0.05) is 6.92 Å². The maximum atomic E-state index is 10.1. The molecule has 0 aliphatic heterocycles. The van der Waals surface area contributed by atoms with E-state index in [0.717, 1.165) is 11.7 Å². The van der Waals surface area contributed by atoms with Crippen LogP contribution < -0.4 is 0 Å². The summed E-state index contributed by atoms with van der Waals surface area (Å²) in [6.07, 6.45) is 1.14. The number of carbonyl (C=O) groups excluding carboxylic acids is 1. The van der Waals surface area contributed by atoms with Gasteiger partial charge >= 0.3 is 15.6 Å². The van der Waals surface area contributed by atoms with E-state index in [-0.39, 0.29) is 13.4 Å². The van der Waals surface area contributed by atoms with Crippen molar-refractivity contribution in [2.75, 3.05) is 0 Å². The van der Waals surface area contributed by atoms with Gasteiger partial charge in [0.1, 0.15) is 0 Å². The Hall–Kier alpha value is 0.00247. The van der Waals surface area contributed by atoms with Crippen molar-refractivity contribution in [2.24, 2.45) is 0 Å². The van der Waals surface area contributed by atoms with Crippen molar-refractivity contribution in [3.63, 3.8) is 0 Å². The summed E-state index contributed by atoms with van der Waals surface area (Å²) in [5.41, 5.74) is 0. The molecule has 0 atom stereocenters. The Morgan fingerprint density at radius 2 is 2.22 bits per heavy atom. The van der Waals surface area contributed by atoms with Crippen LogP contribution >= 0.6 is 0 Å². The molecule has 0 rings (SSSR count). The zero-order valence-electron chi connectivity index (χ0n) is 5.44. The highest BCUT2D eigenvalue weighted by atomic mass is 27.1. The average molecular weight is 146 g/mol. The zero-order chi connectivity index (χ0) is 6.41. The van der Waals surface area contributed by atoms with Gasteiger partial charge in [0.05, 0.1) is 0 Å². The maximum absolute atomic E-state index is 10.1. The SMILES string of the molecule is C.CC[CH2][AlH][O]C(C)=O. The molecule has 9 heavy (non-hydrogen) atoms. The molecule has 3 heteroatoms. The van der Waals surface area contributed by atoms with Gasteiger partial charge in [0.2, 0.25) is 0 Å². The molecule has 0 N–H and O–H groups in total. The molecule has 0 aliphatic rings. The Morgan fingerprint density at radius 1 is 1.67 bits per heavy atom. The van der Waals surface area contributed by atoms with Gasteiger partial charge in [0.25, 0.3) is 5.97 Å². The first-order chi connectivity index (χ1) is 3.77. The molecule has 0 aliphatic carbocycles. The third kappa shape index (κ3) is 11.5. The number of hydrogen-bond donors (Lipinski definition) is 0. The van der Waals surface area contributed by atoms with E-state index >= 15 is 0 Å². The van der Waals surface area contributed by atoms with Crippen LogP contribution in [0.3, 0.4) is 0 Å². The van der Waals surface area contributed by atoms with E-state index in [1.807, 2.05) is 0 Å². The zero-order valence-corrected chi connectivity index (χ0v) is 6.85. The van der Waals surface area contributed by atoms with Gasteiger partial charge in [-0.3, -0.25) is 4.79 Å². The van der Waals surface area contributed by atoms with E-state index < -0.39 is 15.6 Å². The first-order valence-electron chi connectivity index (χ1n) is 2.90. The molecule has 0 amide bonds. The molecule has 0 spiro atoms. The normalized spacial score (nSPS) is 7.33. The molecule has 0 aromatic heterocycles. The van der Waals surface area contributed by atoms with Gasteiger partial charge < -0.3 is 3.79 Å². The van der Waals surface area contributed by atoms with Crippen molar-refractivity contribution in [1.82, 2.24) is 0 Å². The van der Waals surface area contributed by atoms with Gasteiger partial charge in [-0.05, 0) is 0 Å². The molecule has 0 unspecified atom stereocenters. The topological polar surface area (TPSA) is 26.3 Å². The predicted molar refractivity (Wildman–Crippen MR) is 40.7 cm³/mol. The van der Waals surface area contributed by atoms with Crippen molar-refractivity contribution >= 4 is 21.5 Å². The van der Waals surface area contributed by atoms with Crippen molar-refractivity contribution < 1.29 is 8.58 Å². The van der Waals surface area contributed by atoms with Crippen LogP contribution in [0.2, 0.25) is 5.28 Å². The molecule has 0 saturated carbocycles. The van der Waals surface area contributed by atoms with Crippen LogP contribution in [0.25, 0.3) is 0 Å². The Balaban J connectivity index is 0. The van der Waals surface area contributed by atoms with Crippen LogP contribution in [-0.4, -0.2) is 21.5 Å². The molecule has 0 aromatic rings. The lowest BCUT2D eigenvalue weighted by Gasteiger charge is -1.95. The van der Waals surface area contributed by atoms with E-state index in [1.165, 1.54) is 6.92 Å². The number of carbonyl (C=O) groups is 1. The molecule has 0 aromatic carbocycles. The second-order valence-corrected chi connectivity index (χ2v) is 3.10. The van der Waals surface area contributed by atoms with Gasteiger partial charge in [-0.25, -0.2) is 0 Å². The summed E-state index contributed by atoms with van der Waals surface area (Å²) in [5.74, 6) is -0.120. The maximum Gasteiger partial charge on any atom is 0.524 e. The summed E-state index contributed by atoms with van der Waals surface area (Å²) < 4.78 is 4.78. The minimum atomic E-state index is -0.486. The molecular weight excluding hydrogens is 131 g/mol. The quantitative estimate of drug-likeness (QED) is 0.444. The summed E-state index contributed by atoms with van der Waals surface area (Å²) in [4.78, 5) is 10.1. The molecule has 0 fully saturated rings. The minimum Gasteiger partial charge on any atom is -0.619 e. The highest BCUT2D eigenvalue weighted by molar-refractivity contribution is 6.30. The van der Waals surface area contributed by atoms with E-state index in [4.69, 9.17) is 3.79 Å². The molecule has 0 radical (unpaired) electrons. The van der Waals surface area contributed by atoms with Crippen LogP contribution in [0.1, 0.15) is 27.7 Å². The molecule has 0 heterocycles. The van der Waals surface area contributed by atoms with Crippen LogP contribution in [0.15, 0.2) is 0 Å². The molecule has 0 bridgehead atoms. The van der Waals surface area contributed by atoms with E-state index in [2.05, 4.69) is 6.92 Å². The predicted octanol–water partition coefficient (Wildman–Crippen LogP) is 1.37. The van der Waals surface area contributed by atoms with Gasteiger partial charge in [0.15, 0.2) is 0 Å². The fraction of sp³-hybridized carbons (Fsp3) is 0.833. The van der Waals surface area contributed by atoms with Crippen LogP contribution in [0.4, 0.5) is 0 Å². The van der Waals surface area contributed by atoms with Crippen molar-refractivity contribution in [3.8, 4) is 0 Å². The highest BCUT2D eigenvalue weighted by Gasteiger charge is 1.95. The lowest BCUT2D eigenvalue weighted by Crippen LogP contribution is -2.02. The van der Waals surface area contributed by atoms with Gasteiger partial charge in [-0.15, -0.1) is 0 Å². The summed E-state index contributed by atoms with van der Waals surface area (Å²) in [6, 6.07) is 0. The number of rotatable bonds is 3. The fourth-order valence-corrected chi connectivity index (χ4v) is 1.08. The summed E-state index contributed by atoms with van der Waals surface area (Å²) in [6.45, 7) is 3.55. The largest absolute Gasteiger partial charge is 0.619 e. The summed E-state index contributed by atoms with van der Waals surface area (Å²) >= 11 is -0.486. The average Bonchev–Trinajstić information content (AvgIpc) is 1.66. The van der Waals surface area contributed by atoms with E-state index in [1.54, 1.807) is 0 Å². The lowest BCUT2D eigenvalue weighted by atomic mass is 10.6. The molecule has 0 saturated heterocycles. The Labute approximate surface area is 63.6 Å². The fourth-order valence-electron chi connectivity index (χ4n) is 0.360. The Kier molecular flexibility index (Phi) is 10.5. The van der Waals surface area contributed by atoms with E-state index in [9.17, 15) is 4.79 Å². The molecule has 54 valence electrons. The third-order valence-electron chi connectivity index (χ3n) is 0.803. The van der Waals surface area contributed by atoms with Crippen LogP contribution in [0, 0.1) is 0 Å². The van der Waals surface area contributed by atoms with Gasteiger partial charge in [-0.2, -0.15) is 0 Å². The molecule has 2 nitrogen and oxygen atoms in total. The van der Waals surface area contributed by atoms with Gasteiger partial charge in [-0.1, -0.05) is 26.1 Å².